The smallest absolute Gasteiger partial charge is 0.120 e. The van der Waals surface area contributed by atoms with Crippen LogP contribution in [0.5, 0.6) is 5.75 Å². The van der Waals surface area contributed by atoms with Crippen LogP contribution in [0.2, 0.25) is 0 Å². The summed E-state index contributed by atoms with van der Waals surface area (Å²) in [5.74, 6) is 7.04. The molecule has 0 unspecified atom stereocenters. The van der Waals surface area contributed by atoms with Crippen LogP contribution in [0, 0.1) is 11.8 Å². The second-order valence-corrected chi connectivity index (χ2v) is 3.78. The van der Waals surface area contributed by atoms with E-state index in [4.69, 9.17) is 10.5 Å². The van der Waals surface area contributed by atoms with Crippen molar-refractivity contribution in [2.24, 2.45) is 5.73 Å². The third-order valence-corrected chi connectivity index (χ3v) is 2.35. The molecule has 2 rings (SSSR count). The van der Waals surface area contributed by atoms with Gasteiger partial charge in [-0.2, -0.15) is 0 Å². The topological polar surface area (TPSA) is 35.2 Å². The zero-order valence-electron chi connectivity index (χ0n) is 10.1. The van der Waals surface area contributed by atoms with Gasteiger partial charge in [0.05, 0.1) is 0 Å². The molecule has 2 N–H and O–H groups in total. The molecular formula is C16H15NO. The normalized spacial score (nSPS) is 9.39. The molecular weight excluding hydrogens is 222 g/mol. The Bertz CT molecular complexity index is 552. The van der Waals surface area contributed by atoms with E-state index in [0.717, 1.165) is 16.9 Å². The van der Waals surface area contributed by atoms with E-state index in [2.05, 4.69) is 11.8 Å². The number of hydrogen-bond acceptors (Lipinski definition) is 2. The lowest BCUT2D eigenvalue weighted by Gasteiger charge is -2.03. The quantitative estimate of drug-likeness (QED) is 0.832. The SMILES string of the molecule is NCCOc1cccc(C#Cc2ccccc2)c1. The summed E-state index contributed by atoms with van der Waals surface area (Å²) in [6.45, 7) is 1.04. The fourth-order valence-electron chi connectivity index (χ4n) is 1.51. The van der Waals surface area contributed by atoms with Crippen LogP contribution in [0.25, 0.3) is 0 Å². The molecule has 2 aromatic carbocycles. The van der Waals surface area contributed by atoms with Crippen LogP contribution in [-0.4, -0.2) is 13.2 Å². The molecule has 2 nitrogen and oxygen atoms in total. The molecule has 0 spiro atoms. The van der Waals surface area contributed by atoms with Gasteiger partial charge in [0.15, 0.2) is 0 Å². The van der Waals surface area contributed by atoms with E-state index >= 15 is 0 Å². The van der Waals surface area contributed by atoms with Gasteiger partial charge in [0.1, 0.15) is 12.4 Å². The Labute approximate surface area is 107 Å². The van der Waals surface area contributed by atoms with Crippen LogP contribution in [0.15, 0.2) is 54.6 Å². The molecule has 0 aliphatic carbocycles. The van der Waals surface area contributed by atoms with E-state index in [-0.39, 0.29) is 0 Å². The lowest BCUT2D eigenvalue weighted by molar-refractivity contribution is 0.328. The molecule has 0 fully saturated rings. The summed E-state index contributed by atoms with van der Waals surface area (Å²) >= 11 is 0. The number of hydrogen-bond donors (Lipinski definition) is 1. The molecule has 0 bridgehead atoms. The lowest BCUT2D eigenvalue weighted by atomic mass is 10.2. The number of nitrogens with two attached hydrogens (primary N) is 1. The Kier molecular flexibility index (Phi) is 4.40. The summed E-state index contributed by atoms with van der Waals surface area (Å²) in [5, 5.41) is 0. The lowest BCUT2D eigenvalue weighted by Crippen LogP contribution is -2.10. The molecule has 0 saturated carbocycles. The first-order chi connectivity index (χ1) is 8.88. The van der Waals surface area contributed by atoms with E-state index in [1.165, 1.54) is 0 Å². The highest BCUT2D eigenvalue weighted by molar-refractivity contribution is 5.45. The molecule has 18 heavy (non-hydrogen) atoms. The van der Waals surface area contributed by atoms with Crippen molar-refractivity contribution in [3.8, 4) is 17.6 Å². The molecule has 0 aromatic heterocycles. The van der Waals surface area contributed by atoms with Crippen LogP contribution in [-0.2, 0) is 0 Å². The van der Waals surface area contributed by atoms with Crippen LogP contribution in [0.1, 0.15) is 11.1 Å². The molecule has 0 aliphatic rings. The average Bonchev–Trinajstić information content (AvgIpc) is 2.44. The molecule has 0 heterocycles. The first-order valence-corrected chi connectivity index (χ1v) is 5.88. The van der Waals surface area contributed by atoms with Gasteiger partial charge in [0, 0.05) is 17.7 Å². The van der Waals surface area contributed by atoms with Crippen LogP contribution in [0.4, 0.5) is 0 Å². The third kappa shape index (κ3) is 3.65. The first kappa shape index (κ1) is 12.2. The van der Waals surface area contributed by atoms with E-state index < -0.39 is 0 Å². The second-order valence-electron chi connectivity index (χ2n) is 3.78. The maximum atomic E-state index is 5.46. The summed E-state index contributed by atoms with van der Waals surface area (Å²) in [5.41, 5.74) is 7.34. The Balaban J connectivity index is 2.12. The predicted molar refractivity (Wildman–Crippen MR) is 73.4 cm³/mol. The zero-order valence-corrected chi connectivity index (χ0v) is 10.1. The second kappa shape index (κ2) is 6.48. The van der Waals surface area contributed by atoms with Crippen molar-refractivity contribution in [3.05, 3.63) is 65.7 Å². The maximum absolute atomic E-state index is 5.46. The number of ether oxygens (including phenoxy) is 1. The molecule has 90 valence electrons. The average molecular weight is 237 g/mol. The van der Waals surface area contributed by atoms with E-state index in [1.54, 1.807) is 0 Å². The fourth-order valence-corrected chi connectivity index (χ4v) is 1.51. The van der Waals surface area contributed by atoms with Crippen molar-refractivity contribution >= 4 is 0 Å². The van der Waals surface area contributed by atoms with Gasteiger partial charge in [-0.3, -0.25) is 0 Å². The van der Waals surface area contributed by atoms with Gasteiger partial charge in [0.25, 0.3) is 0 Å². The first-order valence-electron chi connectivity index (χ1n) is 5.88. The highest BCUT2D eigenvalue weighted by Gasteiger charge is 1.93. The Morgan fingerprint density at radius 1 is 0.889 bits per heavy atom. The molecule has 0 saturated heterocycles. The van der Waals surface area contributed by atoms with E-state index in [0.29, 0.717) is 13.2 Å². The van der Waals surface area contributed by atoms with Crippen LogP contribution < -0.4 is 10.5 Å². The minimum atomic E-state index is 0.514. The van der Waals surface area contributed by atoms with Crippen molar-refractivity contribution in [2.45, 2.75) is 0 Å². The maximum Gasteiger partial charge on any atom is 0.120 e. The predicted octanol–water partition coefficient (Wildman–Crippen LogP) is 2.42. The van der Waals surface area contributed by atoms with Gasteiger partial charge in [-0.05, 0) is 30.3 Å². The van der Waals surface area contributed by atoms with Crippen LogP contribution in [0.3, 0.4) is 0 Å². The van der Waals surface area contributed by atoms with Gasteiger partial charge in [0.2, 0.25) is 0 Å². The standard InChI is InChI=1S/C16H15NO/c17-11-12-18-16-8-4-7-15(13-16)10-9-14-5-2-1-3-6-14/h1-8,13H,11-12,17H2. The van der Waals surface area contributed by atoms with Gasteiger partial charge >= 0.3 is 0 Å². The molecule has 0 radical (unpaired) electrons. The Morgan fingerprint density at radius 2 is 1.61 bits per heavy atom. The highest BCUT2D eigenvalue weighted by atomic mass is 16.5. The minimum absolute atomic E-state index is 0.514. The summed E-state index contributed by atoms with van der Waals surface area (Å²) < 4.78 is 5.46. The summed E-state index contributed by atoms with van der Waals surface area (Å²) in [6.07, 6.45) is 0. The zero-order chi connectivity index (χ0) is 12.6. The summed E-state index contributed by atoms with van der Waals surface area (Å²) in [4.78, 5) is 0. The minimum Gasteiger partial charge on any atom is -0.492 e. The molecule has 0 atom stereocenters. The van der Waals surface area contributed by atoms with Crippen molar-refractivity contribution < 1.29 is 4.74 Å². The van der Waals surface area contributed by atoms with Gasteiger partial charge < -0.3 is 10.5 Å². The summed E-state index contributed by atoms with van der Waals surface area (Å²) in [7, 11) is 0. The molecule has 2 heteroatoms. The number of benzene rings is 2. The molecule has 0 amide bonds. The molecule has 0 aliphatic heterocycles. The van der Waals surface area contributed by atoms with Crippen LogP contribution >= 0.6 is 0 Å². The number of rotatable bonds is 3. The third-order valence-electron chi connectivity index (χ3n) is 2.35. The van der Waals surface area contributed by atoms with Gasteiger partial charge in [-0.1, -0.05) is 36.1 Å². The van der Waals surface area contributed by atoms with Crippen molar-refractivity contribution in [1.29, 1.82) is 0 Å². The monoisotopic (exact) mass is 237 g/mol. The summed E-state index contributed by atoms with van der Waals surface area (Å²) in [6, 6.07) is 17.6. The largest absolute Gasteiger partial charge is 0.492 e. The fraction of sp³-hybridized carbons (Fsp3) is 0.125. The van der Waals surface area contributed by atoms with Crippen molar-refractivity contribution in [2.75, 3.05) is 13.2 Å². The van der Waals surface area contributed by atoms with Gasteiger partial charge in [-0.25, -0.2) is 0 Å². The van der Waals surface area contributed by atoms with Crippen molar-refractivity contribution in [3.63, 3.8) is 0 Å². The van der Waals surface area contributed by atoms with E-state index in [1.807, 2.05) is 54.6 Å². The highest BCUT2D eigenvalue weighted by Crippen LogP contribution is 2.12. The van der Waals surface area contributed by atoms with Gasteiger partial charge in [-0.15, -0.1) is 0 Å². The Morgan fingerprint density at radius 3 is 2.39 bits per heavy atom. The van der Waals surface area contributed by atoms with Crippen molar-refractivity contribution in [1.82, 2.24) is 0 Å². The molecule has 2 aromatic rings. The Hall–Kier alpha value is -2.24. The van der Waals surface area contributed by atoms with E-state index in [9.17, 15) is 0 Å².